The Hall–Kier alpha value is -1.87. The molecule has 1 aliphatic heterocycles. The van der Waals surface area contributed by atoms with Crippen LogP contribution in [0.25, 0.3) is 0 Å². The van der Waals surface area contributed by atoms with E-state index in [1.807, 2.05) is 24.3 Å². The van der Waals surface area contributed by atoms with Gasteiger partial charge in [0.05, 0.1) is 6.04 Å². The van der Waals surface area contributed by atoms with Crippen LogP contribution in [0.1, 0.15) is 17.2 Å². The number of hydrogen-bond donors (Lipinski definition) is 2. The smallest absolute Gasteiger partial charge is 0.129 e. The van der Waals surface area contributed by atoms with Crippen molar-refractivity contribution < 1.29 is 9.50 Å². The molecule has 2 atom stereocenters. The number of aliphatic hydroxyl groups is 1. The van der Waals surface area contributed by atoms with Gasteiger partial charge in [-0.05, 0) is 24.1 Å². The SMILES string of the molecule is OC(c1ccccc1F)C1Cc2ccccc2N1. The van der Waals surface area contributed by atoms with Gasteiger partial charge in [0.1, 0.15) is 11.9 Å². The third kappa shape index (κ3) is 1.87. The molecule has 2 unspecified atom stereocenters. The van der Waals surface area contributed by atoms with Crippen LogP contribution >= 0.6 is 0 Å². The summed E-state index contributed by atoms with van der Waals surface area (Å²) in [5, 5.41) is 13.5. The van der Waals surface area contributed by atoms with Crippen molar-refractivity contribution in [2.75, 3.05) is 5.32 Å². The number of para-hydroxylation sites is 1. The molecule has 18 heavy (non-hydrogen) atoms. The van der Waals surface area contributed by atoms with Gasteiger partial charge in [0.25, 0.3) is 0 Å². The maximum atomic E-state index is 13.6. The van der Waals surface area contributed by atoms with Gasteiger partial charge in [0.2, 0.25) is 0 Å². The topological polar surface area (TPSA) is 32.3 Å². The van der Waals surface area contributed by atoms with Gasteiger partial charge in [-0.1, -0.05) is 36.4 Å². The Kier molecular flexibility index (Phi) is 2.76. The first-order valence-electron chi connectivity index (χ1n) is 6.02. The first-order chi connectivity index (χ1) is 8.75. The molecule has 0 amide bonds. The summed E-state index contributed by atoms with van der Waals surface area (Å²) in [5.74, 6) is -0.359. The van der Waals surface area contributed by atoms with Crippen LogP contribution in [-0.4, -0.2) is 11.1 Å². The molecule has 2 nitrogen and oxygen atoms in total. The van der Waals surface area contributed by atoms with E-state index < -0.39 is 6.10 Å². The molecule has 0 aromatic heterocycles. The molecule has 3 heteroatoms. The lowest BCUT2D eigenvalue weighted by molar-refractivity contribution is 0.152. The van der Waals surface area contributed by atoms with Gasteiger partial charge in [0.15, 0.2) is 0 Å². The zero-order valence-electron chi connectivity index (χ0n) is 9.81. The fourth-order valence-corrected chi connectivity index (χ4v) is 2.45. The maximum Gasteiger partial charge on any atom is 0.129 e. The summed E-state index contributed by atoms with van der Waals surface area (Å²) >= 11 is 0. The van der Waals surface area contributed by atoms with Crippen molar-refractivity contribution in [2.24, 2.45) is 0 Å². The van der Waals surface area contributed by atoms with Crippen molar-refractivity contribution in [3.63, 3.8) is 0 Å². The molecule has 0 aliphatic carbocycles. The first kappa shape index (κ1) is 11.2. The fourth-order valence-electron chi connectivity index (χ4n) is 2.45. The Bertz CT molecular complexity index is 545. The summed E-state index contributed by atoms with van der Waals surface area (Å²) in [5.41, 5.74) is 2.54. The van der Waals surface area contributed by atoms with Gasteiger partial charge >= 0.3 is 0 Å². The summed E-state index contributed by atoms with van der Waals surface area (Å²) in [6, 6.07) is 14.1. The van der Waals surface area contributed by atoms with E-state index in [0.29, 0.717) is 12.0 Å². The molecule has 2 aromatic carbocycles. The normalized spacial score (nSPS) is 19.1. The third-order valence-corrected chi connectivity index (χ3v) is 3.40. The molecule has 0 spiro atoms. The summed E-state index contributed by atoms with van der Waals surface area (Å²) in [7, 11) is 0. The molecular weight excluding hydrogens is 229 g/mol. The van der Waals surface area contributed by atoms with Gasteiger partial charge in [-0.25, -0.2) is 4.39 Å². The Labute approximate surface area is 105 Å². The van der Waals surface area contributed by atoms with E-state index in [4.69, 9.17) is 0 Å². The Morgan fingerprint density at radius 3 is 2.61 bits per heavy atom. The summed E-state index contributed by atoms with van der Waals surface area (Å²) < 4.78 is 13.6. The highest BCUT2D eigenvalue weighted by atomic mass is 19.1. The second kappa shape index (κ2) is 4.42. The highest BCUT2D eigenvalue weighted by Gasteiger charge is 2.28. The van der Waals surface area contributed by atoms with Gasteiger partial charge in [-0.15, -0.1) is 0 Å². The Balaban J connectivity index is 1.85. The van der Waals surface area contributed by atoms with E-state index in [9.17, 15) is 9.50 Å². The first-order valence-corrected chi connectivity index (χ1v) is 6.02. The van der Waals surface area contributed by atoms with Crippen LogP contribution in [0.2, 0.25) is 0 Å². The lowest BCUT2D eigenvalue weighted by Crippen LogP contribution is -2.25. The molecule has 2 aromatic rings. The van der Waals surface area contributed by atoms with E-state index in [0.717, 1.165) is 11.3 Å². The van der Waals surface area contributed by atoms with Crippen LogP contribution in [0.15, 0.2) is 48.5 Å². The minimum atomic E-state index is -0.835. The zero-order chi connectivity index (χ0) is 12.5. The lowest BCUT2D eigenvalue weighted by Gasteiger charge is -2.19. The molecule has 92 valence electrons. The van der Waals surface area contributed by atoms with E-state index in [1.165, 1.54) is 6.07 Å². The molecule has 3 rings (SSSR count). The van der Waals surface area contributed by atoms with Gasteiger partial charge < -0.3 is 10.4 Å². The molecular formula is C15H14FNO. The van der Waals surface area contributed by atoms with Crippen LogP contribution in [0.4, 0.5) is 10.1 Å². The number of fused-ring (bicyclic) bond motifs is 1. The number of rotatable bonds is 2. The van der Waals surface area contributed by atoms with Crippen LogP contribution in [0.3, 0.4) is 0 Å². The predicted molar refractivity (Wildman–Crippen MR) is 68.9 cm³/mol. The van der Waals surface area contributed by atoms with Crippen LogP contribution < -0.4 is 5.32 Å². The van der Waals surface area contributed by atoms with Gasteiger partial charge in [0, 0.05) is 11.3 Å². The maximum absolute atomic E-state index is 13.6. The molecule has 1 aliphatic rings. The van der Waals surface area contributed by atoms with Gasteiger partial charge in [-0.3, -0.25) is 0 Å². The second-order valence-corrected chi connectivity index (χ2v) is 4.58. The van der Waals surface area contributed by atoms with Crippen LogP contribution in [0, 0.1) is 5.82 Å². The average Bonchev–Trinajstić information content (AvgIpc) is 2.82. The number of hydrogen-bond acceptors (Lipinski definition) is 2. The van der Waals surface area contributed by atoms with E-state index in [-0.39, 0.29) is 11.9 Å². The van der Waals surface area contributed by atoms with Crippen molar-refractivity contribution >= 4 is 5.69 Å². The van der Waals surface area contributed by atoms with Crippen molar-refractivity contribution in [2.45, 2.75) is 18.6 Å². The highest BCUT2D eigenvalue weighted by Crippen LogP contribution is 2.32. The third-order valence-electron chi connectivity index (χ3n) is 3.40. The van der Waals surface area contributed by atoms with Crippen molar-refractivity contribution in [1.82, 2.24) is 0 Å². The minimum Gasteiger partial charge on any atom is -0.386 e. The van der Waals surface area contributed by atoms with E-state index in [2.05, 4.69) is 5.32 Å². The van der Waals surface area contributed by atoms with Gasteiger partial charge in [-0.2, -0.15) is 0 Å². The van der Waals surface area contributed by atoms with Crippen LogP contribution in [-0.2, 0) is 6.42 Å². The number of aliphatic hydroxyl groups excluding tert-OH is 1. The zero-order valence-corrected chi connectivity index (χ0v) is 9.81. The summed E-state index contributed by atoms with van der Waals surface area (Å²) in [6.45, 7) is 0. The summed E-state index contributed by atoms with van der Waals surface area (Å²) in [6.07, 6.45) is -0.121. The molecule has 1 heterocycles. The summed E-state index contributed by atoms with van der Waals surface area (Å²) in [4.78, 5) is 0. The van der Waals surface area contributed by atoms with E-state index >= 15 is 0 Å². The quantitative estimate of drug-likeness (QED) is 0.850. The van der Waals surface area contributed by atoms with Crippen molar-refractivity contribution in [1.29, 1.82) is 0 Å². The molecule has 0 fully saturated rings. The number of halogens is 1. The minimum absolute atomic E-state index is 0.167. The molecule has 0 bridgehead atoms. The predicted octanol–water partition coefficient (Wildman–Crippen LogP) is 2.90. The average molecular weight is 243 g/mol. The molecule has 0 radical (unpaired) electrons. The Morgan fingerprint density at radius 1 is 1.11 bits per heavy atom. The number of nitrogens with one attached hydrogen (secondary N) is 1. The van der Waals surface area contributed by atoms with E-state index in [1.54, 1.807) is 18.2 Å². The molecule has 2 N–H and O–H groups in total. The standard InChI is InChI=1S/C15H14FNO/c16-12-7-3-2-6-11(12)15(18)14-9-10-5-1-4-8-13(10)17-14/h1-8,14-15,17-18H,9H2. The second-order valence-electron chi connectivity index (χ2n) is 4.58. The number of anilines is 1. The molecule has 0 saturated heterocycles. The Morgan fingerprint density at radius 2 is 1.83 bits per heavy atom. The number of benzene rings is 2. The highest BCUT2D eigenvalue weighted by molar-refractivity contribution is 5.57. The fraction of sp³-hybridized carbons (Fsp3) is 0.200. The lowest BCUT2D eigenvalue weighted by atomic mass is 9.99. The van der Waals surface area contributed by atoms with Crippen molar-refractivity contribution in [3.05, 3.63) is 65.5 Å². The monoisotopic (exact) mass is 243 g/mol. The van der Waals surface area contributed by atoms with Crippen LogP contribution in [0.5, 0.6) is 0 Å². The molecule has 0 saturated carbocycles. The van der Waals surface area contributed by atoms with Crippen molar-refractivity contribution in [3.8, 4) is 0 Å². The largest absolute Gasteiger partial charge is 0.386 e.